The molecule has 2 heterocycles. The monoisotopic (exact) mass is 660 g/mol. The van der Waals surface area contributed by atoms with E-state index >= 15 is 0 Å². The average molecular weight is 661 g/mol. The Labute approximate surface area is 259 Å². The molecule has 6 rings (SSSR count). The maximum Gasteiger partial charge on any atom is 0.297 e. The van der Waals surface area contributed by atoms with Crippen molar-refractivity contribution in [3.8, 4) is 0 Å². The van der Waals surface area contributed by atoms with Gasteiger partial charge in [-0.15, -0.1) is 0 Å². The SMILES string of the molecule is Cc1ccc(S(=O)(=O)Cl)cc1.Cc1ccc(S(=O)(=O)OC2CCC3(CC2)OCCO3)cc1.OC1CCC2(CC1)OCCO2. The third kappa shape index (κ3) is 9.94. The van der Waals surface area contributed by atoms with Gasteiger partial charge in [0.25, 0.3) is 19.2 Å². The molecule has 0 radical (unpaired) electrons. The van der Waals surface area contributed by atoms with Crippen molar-refractivity contribution < 1.29 is 45.1 Å². The second-order valence-corrected chi connectivity index (χ2v) is 15.4. The van der Waals surface area contributed by atoms with Gasteiger partial charge in [0.1, 0.15) is 0 Å². The summed E-state index contributed by atoms with van der Waals surface area (Å²) >= 11 is 0. The van der Waals surface area contributed by atoms with E-state index in [0.717, 1.165) is 50.0 Å². The minimum Gasteiger partial charge on any atom is -0.393 e. The van der Waals surface area contributed by atoms with Crippen LogP contribution in [0.25, 0.3) is 0 Å². The Morgan fingerprint density at radius 1 is 0.674 bits per heavy atom. The normalized spacial score (nSPS) is 23.3. The number of aryl methyl sites for hydroxylation is 2. The molecule has 0 unspecified atom stereocenters. The van der Waals surface area contributed by atoms with Crippen molar-refractivity contribution in [1.29, 1.82) is 0 Å². The Balaban J connectivity index is 0.000000162. The van der Waals surface area contributed by atoms with E-state index in [0.29, 0.717) is 38.9 Å². The molecular weight excluding hydrogens is 620 g/mol. The van der Waals surface area contributed by atoms with Crippen LogP contribution in [0.5, 0.6) is 0 Å². The smallest absolute Gasteiger partial charge is 0.297 e. The van der Waals surface area contributed by atoms with E-state index in [1.165, 1.54) is 12.1 Å². The van der Waals surface area contributed by atoms with Crippen molar-refractivity contribution >= 4 is 29.9 Å². The molecule has 10 nitrogen and oxygen atoms in total. The van der Waals surface area contributed by atoms with Gasteiger partial charge in [-0.05, 0) is 63.8 Å². The Morgan fingerprint density at radius 3 is 1.44 bits per heavy atom. The molecule has 2 saturated heterocycles. The van der Waals surface area contributed by atoms with Crippen molar-refractivity contribution in [3.05, 3.63) is 59.7 Å². The van der Waals surface area contributed by atoms with Gasteiger partial charge in [-0.1, -0.05) is 35.4 Å². The van der Waals surface area contributed by atoms with Crippen LogP contribution in [0.1, 0.15) is 62.5 Å². The zero-order chi connectivity index (χ0) is 31.1. The number of aliphatic hydroxyl groups is 1. The highest BCUT2D eigenvalue weighted by atomic mass is 35.7. The highest BCUT2D eigenvalue weighted by molar-refractivity contribution is 8.13. The van der Waals surface area contributed by atoms with Crippen LogP contribution in [0.15, 0.2) is 58.3 Å². The van der Waals surface area contributed by atoms with Gasteiger partial charge in [0.15, 0.2) is 11.6 Å². The fourth-order valence-corrected chi connectivity index (χ4v) is 7.28. The van der Waals surface area contributed by atoms with Crippen LogP contribution in [0.4, 0.5) is 0 Å². The van der Waals surface area contributed by atoms with Gasteiger partial charge in [0.2, 0.25) is 0 Å². The lowest BCUT2D eigenvalue weighted by Crippen LogP contribution is -2.38. The van der Waals surface area contributed by atoms with Crippen molar-refractivity contribution in [2.45, 2.75) is 98.8 Å². The summed E-state index contributed by atoms with van der Waals surface area (Å²) in [5.74, 6) is -0.799. The lowest BCUT2D eigenvalue weighted by molar-refractivity contribution is -0.187. The van der Waals surface area contributed by atoms with E-state index < -0.39 is 25.0 Å². The van der Waals surface area contributed by atoms with Crippen LogP contribution in [0.3, 0.4) is 0 Å². The number of aliphatic hydroxyl groups excluding tert-OH is 1. The predicted molar refractivity (Wildman–Crippen MR) is 160 cm³/mol. The summed E-state index contributed by atoms with van der Waals surface area (Å²) in [6.45, 7) is 6.47. The first kappa shape index (κ1) is 34.3. The van der Waals surface area contributed by atoms with Crippen molar-refractivity contribution in [3.63, 3.8) is 0 Å². The maximum absolute atomic E-state index is 12.2. The predicted octanol–water partition coefficient (Wildman–Crippen LogP) is 4.97. The Hall–Kier alpha value is -1.61. The van der Waals surface area contributed by atoms with E-state index in [4.69, 9.17) is 33.8 Å². The largest absolute Gasteiger partial charge is 0.393 e. The second-order valence-electron chi connectivity index (χ2n) is 11.3. The zero-order valence-corrected chi connectivity index (χ0v) is 27.0. The second kappa shape index (κ2) is 14.7. The van der Waals surface area contributed by atoms with Crippen LogP contribution in [0, 0.1) is 13.8 Å². The molecule has 13 heteroatoms. The van der Waals surface area contributed by atoms with Crippen LogP contribution >= 0.6 is 10.7 Å². The number of hydrogen-bond donors (Lipinski definition) is 1. The number of ether oxygens (including phenoxy) is 4. The molecule has 4 fully saturated rings. The van der Waals surface area contributed by atoms with Crippen LogP contribution in [-0.4, -0.2) is 72.2 Å². The molecule has 2 spiro atoms. The molecule has 2 aliphatic carbocycles. The Kier molecular flexibility index (Phi) is 11.7. The summed E-state index contributed by atoms with van der Waals surface area (Å²) in [6, 6.07) is 13.1. The molecule has 4 aliphatic rings. The highest BCUT2D eigenvalue weighted by Gasteiger charge is 2.42. The van der Waals surface area contributed by atoms with Crippen LogP contribution in [-0.2, 0) is 42.3 Å². The van der Waals surface area contributed by atoms with E-state index in [9.17, 15) is 21.9 Å². The van der Waals surface area contributed by atoms with E-state index in [2.05, 4.69) is 0 Å². The molecule has 0 atom stereocenters. The number of benzene rings is 2. The van der Waals surface area contributed by atoms with E-state index in [1.807, 2.05) is 13.8 Å². The van der Waals surface area contributed by atoms with Crippen molar-refractivity contribution in [2.75, 3.05) is 26.4 Å². The Morgan fingerprint density at radius 2 is 1.05 bits per heavy atom. The topological polar surface area (TPSA) is 135 Å². The summed E-state index contributed by atoms with van der Waals surface area (Å²) < 4.78 is 73.5. The molecule has 0 aromatic heterocycles. The summed E-state index contributed by atoms with van der Waals surface area (Å²) in [4.78, 5) is 0.353. The standard InChI is InChI=1S/C15H20O5S.C8H14O3.C7H7ClO2S/c1-12-2-4-14(5-3-12)21(16,17)20-13-6-8-15(9-7-13)18-10-11-19-15;9-7-1-3-8(4-2-7)10-5-6-11-8;1-6-2-4-7(5-3-6)11(8,9)10/h2-5,13H,6-11H2,1H3;7,9H,1-6H2;2-5H,1H3. The first-order chi connectivity index (χ1) is 20.3. The molecule has 2 saturated carbocycles. The molecule has 2 aromatic carbocycles. The van der Waals surface area contributed by atoms with E-state index in [1.54, 1.807) is 36.4 Å². The lowest BCUT2D eigenvalue weighted by atomic mass is 9.92. The summed E-state index contributed by atoms with van der Waals surface area (Å²) in [5.41, 5.74) is 2.03. The number of rotatable bonds is 4. The minimum atomic E-state index is -3.69. The third-order valence-corrected chi connectivity index (χ3v) is 10.7. The molecule has 0 amide bonds. The molecule has 240 valence electrons. The van der Waals surface area contributed by atoms with Gasteiger partial charge < -0.3 is 24.1 Å². The quantitative estimate of drug-likeness (QED) is 0.354. The van der Waals surface area contributed by atoms with Gasteiger partial charge in [-0.25, -0.2) is 8.42 Å². The summed E-state index contributed by atoms with van der Waals surface area (Å²) in [7, 11) is -2.16. The fourth-order valence-electron chi connectivity index (χ4n) is 5.38. The molecular formula is C30H41ClO10S2. The van der Waals surface area contributed by atoms with Crippen LogP contribution < -0.4 is 0 Å². The third-order valence-electron chi connectivity index (χ3n) is 7.91. The highest BCUT2D eigenvalue weighted by Crippen LogP contribution is 2.38. The molecule has 2 aliphatic heterocycles. The molecule has 43 heavy (non-hydrogen) atoms. The van der Waals surface area contributed by atoms with Gasteiger partial charge in [-0.3, -0.25) is 4.18 Å². The Bertz CT molecular complexity index is 1360. The van der Waals surface area contributed by atoms with Crippen LogP contribution in [0.2, 0.25) is 0 Å². The number of hydrogen-bond acceptors (Lipinski definition) is 10. The first-order valence-electron chi connectivity index (χ1n) is 14.6. The molecule has 2 aromatic rings. The zero-order valence-electron chi connectivity index (χ0n) is 24.6. The average Bonchev–Trinajstić information content (AvgIpc) is 3.63. The molecule has 0 bridgehead atoms. The van der Waals surface area contributed by atoms with Gasteiger partial charge in [0, 0.05) is 36.4 Å². The first-order valence-corrected chi connectivity index (χ1v) is 18.3. The summed E-state index contributed by atoms with van der Waals surface area (Å²) in [5, 5.41) is 9.24. The van der Waals surface area contributed by atoms with Crippen molar-refractivity contribution in [1.82, 2.24) is 0 Å². The van der Waals surface area contributed by atoms with Gasteiger partial charge in [-0.2, -0.15) is 8.42 Å². The van der Waals surface area contributed by atoms with E-state index in [-0.39, 0.29) is 27.8 Å². The fraction of sp³-hybridized carbons (Fsp3) is 0.600. The van der Waals surface area contributed by atoms with Crippen molar-refractivity contribution in [2.24, 2.45) is 0 Å². The van der Waals surface area contributed by atoms with Gasteiger partial charge in [0.05, 0.1) is 48.4 Å². The van der Waals surface area contributed by atoms with Gasteiger partial charge >= 0.3 is 0 Å². The summed E-state index contributed by atoms with van der Waals surface area (Å²) in [6.07, 6.45) is 5.55. The minimum absolute atomic E-state index is 0.131. The lowest BCUT2D eigenvalue weighted by Gasteiger charge is -2.34. The molecule has 1 N–H and O–H groups in total. The number of halogens is 1. The maximum atomic E-state index is 12.2.